The minimum atomic E-state index is -4.95. The van der Waals surface area contributed by atoms with Crippen LogP contribution in [0.3, 0.4) is 0 Å². The summed E-state index contributed by atoms with van der Waals surface area (Å²) in [6.07, 6.45) is -8.31. The van der Waals surface area contributed by atoms with Gasteiger partial charge in [-0.15, -0.1) is 0 Å². The molecule has 9 heteroatoms. The molecule has 0 aliphatic rings. The Balaban J connectivity index is 2.63. The van der Waals surface area contributed by atoms with E-state index < -0.39 is 29.2 Å². The number of rotatable bonds is 1. The SMILES string of the molecule is FC(F)(F)c1cnc(-c2ccn[nH]2)c(C(F)(F)F)c1. The van der Waals surface area contributed by atoms with Crippen molar-refractivity contribution in [1.29, 1.82) is 0 Å². The van der Waals surface area contributed by atoms with Crippen LogP contribution < -0.4 is 0 Å². The number of nitrogens with zero attached hydrogens (tertiary/aromatic N) is 2. The summed E-state index contributed by atoms with van der Waals surface area (Å²) in [6.45, 7) is 0. The summed E-state index contributed by atoms with van der Waals surface area (Å²) >= 11 is 0. The molecule has 2 rings (SSSR count). The van der Waals surface area contributed by atoms with Crippen molar-refractivity contribution in [2.45, 2.75) is 12.4 Å². The molecule has 3 nitrogen and oxygen atoms in total. The fourth-order valence-corrected chi connectivity index (χ4v) is 1.44. The zero-order chi connectivity index (χ0) is 14.3. The van der Waals surface area contributed by atoms with Crippen LogP contribution in [0.2, 0.25) is 0 Å². The van der Waals surface area contributed by atoms with Crippen molar-refractivity contribution in [1.82, 2.24) is 15.2 Å². The number of hydrogen-bond acceptors (Lipinski definition) is 2. The van der Waals surface area contributed by atoms with Gasteiger partial charge in [0.05, 0.1) is 16.8 Å². The number of hydrogen-bond donors (Lipinski definition) is 1. The first-order valence-corrected chi connectivity index (χ1v) is 4.84. The maximum Gasteiger partial charge on any atom is 0.418 e. The molecule has 0 saturated carbocycles. The van der Waals surface area contributed by atoms with Gasteiger partial charge < -0.3 is 0 Å². The molecule has 0 fully saturated rings. The maximum absolute atomic E-state index is 12.8. The molecule has 0 atom stereocenters. The third-order valence-corrected chi connectivity index (χ3v) is 2.28. The maximum atomic E-state index is 12.8. The summed E-state index contributed by atoms with van der Waals surface area (Å²) in [4.78, 5) is 3.24. The molecular formula is C10H5F6N3. The Kier molecular flexibility index (Phi) is 2.99. The lowest BCUT2D eigenvalue weighted by atomic mass is 10.1. The molecule has 0 aromatic carbocycles. The highest BCUT2D eigenvalue weighted by Gasteiger charge is 2.39. The van der Waals surface area contributed by atoms with Gasteiger partial charge in [-0.1, -0.05) is 0 Å². The Hall–Kier alpha value is -2.06. The molecule has 2 aromatic heterocycles. The third kappa shape index (κ3) is 2.69. The molecule has 0 aliphatic carbocycles. The van der Waals surface area contributed by atoms with Crippen molar-refractivity contribution >= 4 is 0 Å². The molecular weight excluding hydrogens is 276 g/mol. The van der Waals surface area contributed by atoms with Crippen LogP contribution in [0.5, 0.6) is 0 Å². The van der Waals surface area contributed by atoms with Gasteiger partial charge in [-0.2, -0.15) is 31.4 Å². The molecule has 0 amide bonds. The van der Waals surface area contributed by atoms with E-state index in [1.165, 1.54) is 12.3 Å². The summed E-state index contributed by atoms with van der Waals surface area (Å²) in [5, 5.41) is 5.67. The summed E-state index contributed by atoms with van der Waals surface area (Å²) in [5.74, 6) is 0. The fraction of sp³-hybridized carbons (Fsp3) is 0.200. The molecule has 0 bridgehead atoms. The van der Waals surface area contributed by atoms with E-state index >= 15 is 0 Å². The largest absolute Gasteiger partial charge is 0.418 e. The highest BCUT2D eigenvalue weighted by molar-refractivity contribution is 5.59. The highest BCUT2D eigenvalue weighted by Crippen LogP contribution is 2.38. The second-order valence-electron chi connectivity index (χ2n) is 3.59. The van der Waals surface area contributed by atoms with Gasteiger partial charge in [0.1, 0.15) is 5.69 Å². The van der Waals surface area contributed by atoms with Gasteiger partial charge in [0.2, 0.25) is 0 Å². The monoisotopic (exact) mass is 281 g/mol. The second kappa shape index (κ2) is 4.25. The van der Waals surface area contributed by atoms with Crippen molar-refractivity contribution in [2.75, 3.05) is 0 Å². The summed E-state index contributed by atoms with van der Waals surface area (Å²) in [5.41, 5.74) is -3.66. The number of pyridine rings is 1. The minimum absolute atomic E-state index is 0.0309. The standard InChI is InChI=1S/C10H5F6N3/c11-9(12,13)5-3-6(10(14,15)16)8(17-4-5)7-1-2-18-19-7/h1-4H,(H,18,19). The summed E-state index contributed by atoms with van der Waals surface area (Å²) in [6, 6.07) is 1.22. The second-order valence-corrected chi connectivity index (χ2v) is 3.59. The van der Waals surface area contributed by atoms with Crippen LogP contribution in [-0.2, 0) is 12.4 Å². The topological polar surface area (TPSA) is 41.6 Å². The van der Waals surface area contributed by atoms with Gasteiger partial charge >= 0.3 is 12.4 Å². The number of alkyl halides is 6. The molecule has 19 heavy (non-hydrogen) atoms. The molecule has 0 saturated heterocycles. The van der Waals surface area contributed by atoms with Gasteiger partial charge in [0.25, 0.3) is 0 Å². The van der Waals surface area contributed by atoms with Crippen molar-refractivity contribution in [3.63, 3.8) is 0 Å². The average molecular weight is 281 g/mol. The predicted molar refractivity (Wildman–Crippen MR) is 51.8 cm³/mol. The van der Waals surface area contributed by atoms with Gasteiger partial charge in [0.15, 0.2) is 0 Å². The molecule has 102 valence electrons. The van der Waals surface area contributed by atoms with Crippen molar-refractivity contribution in [3.05, 3.63) is 35.7 Å². The Bertz CT molecular complexity index is 570. The number of nitrogens with one attached hydrogen (secondary N) is 1. The van der Waals surface area contributed by atoms with Crippen LogP contribution in [0.15, 0.2) is 24.5 Å². The molecule has 0 spiro atoms. The van der Waals surface area contributed by atoms with Gasteiger partial charge in [0, 0.05) is 12.4 Å². The Labute approximate surface area is 102 Å². The van der Waals surface area contributed by atoms with E-state index in [0.717, 1.165) is 0 Å². The molecule has 0 aliphatic heterocycles. The van der Waals surface area contributed by atoms with E-state index in [4.69, 9.17) is 0 Å². The normalized spacial score (nSPS) is 12.7. The van der Waals surface area contributed by atoms with Crippen LogP contribution in [0, 0.1) is 0 Å². The number of halogens is 6. The first kappa shape index (κ1) is 13.4. The third-order valence-electron chi connectivity index (χ3n) is 2.28. The van der Waals surface area contributed by atoms with Crippen LogP contribution in [0.25, 0.3) is 11.4 Å². The Morgan fingerprint density at radius 1 is 1.00 bits per heavy atom. The fourth-order valence-electron chi connectivity index (χ4n) is 1.44. The zero-order valence-electron chi connectivity index (χ0n) is 8.97. The average Bonchev–Trinajstić information content (AvgIpc) is 2.79. The lowest BCUT2D eigenvalue weighted by Gasteiger charge is -2.14. The van der Waals surface area contributed by atoms with E-state index in [2.05, 4.69) is 15.2 Å². The Morgan fingerprint density at radius 3 is 2.16 bits per heavy atom. The van der Waals surface area contributed by atoms with E-state index in [0.29, 0.717) is 6.20 Å². The molecule has 0 unspecified atom stereocenters. The molecule has 1 N–H and O–H groups in total. The highest BCUT2D eigenvalue weighted by atomic mass is 19.4. The quantitative estimate of drug-likeness (QED) is 0.813. The van der Waals surface area contributed by atoms with Gasteiger partial charge in [-0.25, -0.2) is 0 Å². The van der Waals surface area contributed by atoms with E-state index in [1.54, 1.807) is 0 Å². The molecule has 2 aromatic rings. The first-order chi connectivity index (χ1) is 8.69. The lowest BCUT2D eigenvalue weighted by molar-refractivity contribution is -0.143. The molecule has 0 radical (unpaired) electrons. The van der Waals surface area contributed by atoms with Crippen molar-refractivity contribution in [2.24, 2.45) is 0 Å². The summed E-state index contributed by atoms with van der Waals surface area (Å²) in [7, 11) is 0. The van der Waals surface area contributed by atoms with E-state index in [-0.39, 0.29) is 11.8 Å². The number of aromatic nitrogens is 3. The van der Waals surface area contributed by atoms with Crippen molar-refractivity contribution in [3.8, 4) is 11.4 Å². The van der Waals surface area contributed by atoms with Crippen LogP contribution in [0.1, 0.15) is 11.1 Å². The summed E-state index contributed by atoms with van der Waals surface area (Å²) < 4.78 is 75.5. The predicted octanol–water partition coefficient (Wildman–Crippen LogP) is 3.51. The molecule has 2 heterocycles. The zero-order valence-corrected chi connectivity index (χ0v) is 8.97. The Morgan fingerprint density at radius 2 is 1.68 bits per heavy atom. The first-order valence-electron chi connectivity index (χ1n) is 4.84. The van der Waals surface area contributed by atoms with E-state index in [9.17, 15) is 26.3 Å². The van der Waals surface area contributed by atoms with Crippen LogP contribution >= 0.6 is 0 Å². The smallest absolute Gasteiger partial charge is 0.276 e. The van der Waals surface area contributed by atoms with E-state index in [1.807, 2.05) is 0 Å². The minimum Gasteiger partial charge on any atom is -0.276 e. The van der Waals surface area contributed by atoms with Gasteiger partial charge in [-0.3, -0.25) is 10.1 Å². The van der Waals surface area contributed by atoms with Gasteiger partial charge in [-0.05, 0) is 12.1 Å². The number of H-pyrrole nitrogens is 1. The lowest BCUT2D eigenvalue weighted by Crippen LogP contribution is -2.13. The van der Waals surface area contributed by atoms with Crippen molar-refractivity contribution < 1.29 is 26.3 Å². The van der Waals surface area contributed by atoms with Crippen LogP contribution in [0.4, 0.5) is 26.3 Å². The number of aromatic amines is 1. The van der Waals surface area contributed by atoms with Crippen LogP contribution in [-0.4, -0.2) is 15.2 Å².